The number of benzene rings is 1. The molecule has 0 unspecified atom stereocenters. The average molecular weight is 180 g/mol. The van der Waals surface area contributed by atoms with Crippen molar-refractivity contribution in [3.05, 3.63) is 35.8 Å². The van der Waals surface area contributed by atoms with Gasteiger partial charge in [-0.05, 0) is 18.2 Å². The number of aromatic carboxylic acids is 1. The highest BCUT2D eigenvalue weighted by atomic mass is 19.1. The standard InChI is InChI=1S/C9H5FO3/c10-6-3-5-1-2-13-8(5)7(4-6)9(11)12/h1-4H,(H,11,12). The number of hydrogen-bond donors (Lipinski definition) is 1. The number of halogens is 1. The van der Waals surface area contributed by atoms with Crippen molar-refractivity contribution in [1.82, 2.24) is 0 Å². The summed E-state index contributed by atoms with van der Waals surface area (Å²) in [5, 5.41) is 9.15. The Hall–Kier alpha value is -1.84. The van der Waals surface area contributed by atoms with Crippen molar-refractivity contribution in [3.8, 4) is 0 Å². The summed E-state index contributed by atoms with van der Waals surface area (Å²) in [6, 6.07) is 3.68. The van der Waals surface area contributed by atoms with Gasteiger partial charge in [-0.3, -0.25) is 0 Å². The molecule has 1 heterocycles. The summed E-state index contributed by atoms with van der Waals surface area (Å²) >= 11 is 0. The second kappa shape index (κ2) is 2.58. The van der Waals surface area contributed by atoms with Gasteiger partial charge in [0.15, 0.2) is 0 Å². The molecule has 0 aliphatic heterocycles. The lowest BCUT2D eigenvalue weighted by molar-refractivity contribution is 0.0697. The van der Waals surface area contributed by atoms with Gasteiger partial charge in [0, 0.05) is 5.39 Å². The molecule has 0 radical (unpaired) electrons. The minimum atomic E-state index is -1.19. The zero-order chi connectivity index (χ0) is 9.42. The van der Waals surface area contributed by atoms with Gasteiger partial charge in [-0.2, -0.15) is 0 Å². The molecule has 3 nitrogen and oxygen atoms in total. The van der Waals surface area contributed by atoms with Crippen molar-refractivity contribution in [2.45, 2.75) is 0 Å². The van der Waals surface area contributed by atoms with Gasteiger partial charge in [-0.1, -0.05) is 0 Å². The number of hydrogen-bond acceptors (Lipinski definition) is 2. The first-order valence-electron chi connectivity index (χ1n) is 3.58. The van der Waals surface area contributed by atoms with Crippen molar-refractivity contribution in [2.75, 3.05) is 0 Å². The molecule has 0 aliphatic carbocycles. The Morgan fingerprint density at radius 2 is 2.23 bits per heavy atom. The Kier molecular flexibility index (Phi) is 1.55. The summed E-state index contributed by atoms with van der Waals surface area (Å²) in [5.41, 5.74) is 0.0499. The Balaban J connectivity index is 2.84. The molecule has 0 saturated carbocycles. The zero-order valence-corrected chi connectivity index (χ0v) is 6.45. The molecule has 66 valence electrons. The fourth-order valence-corrected chi connectivity index (χ4v) is 1.20. The van der Waals surface area contributed by atoms with Crippen LogP contribution in [0, 0.1) is 5.82 Å². The highest BCUT2D eigenvalue weighted by Crippen LogP contribution is 2.21. The normalized spacial score (nSPS) is 10.5. The SMILES string of the molecule is O=C(O)c1cc(F)cc2ccoc12. The van der Waals surface area contributed by atoms with E-state index in [2.05, 4.69) is 0 Å². The third kappa shape index (κ3) is 1.16. The maximum absolute atomic E-state index is 12.8. The van der Waals surface area contributed by atoms with Crippen LogP contribution < -0.4 is 0 Å². The van der Waals surface area contributed by atoms with Gasteiger partial charge in [-0.15, -0.1) is 0 Å². The van der Waals surface area contributed by atoms with E-state index in [1.165, 1.54) is 18.4 Å². The zero-order valence-electron chi connectivity index (χ0n) is 6.45. The van der Waals surface area contributed by atoms with Crippen molar-refractivity contribution >= 4 is 16.9 Å². The van der Waals surface area contributed by atoms with E-state index in [1.54, 1.807) is 0 Å². The molecule has 1 aromatic heterocycles. The van der Waals surface area contributed by atoms with Crippen molar-refractivity contribution in [2.24, 2.45) is 0 Å². The van der Waals surface area contributed by atoms with Crippen LogP contribution in [0.5, 0.6) is 0 Å². The highest BCUT2D eigenvalue weighted by Gasteiger charge is 2.12. The van der Waals surface area contributed by atoms with Crippen molar-refractivity contribution in [3.63, 3.8) is 0 Å². The molecule has 2 rings (SSSR count). The molecule has 1 N–H and O–H groups in total. The molecule has 13 heavy (non-hydrogen) atoms. The van der Waals surface area contributed by atoms with E-state index < -0.39 is 11.8 Å². The van der Waals surface area contributed by atoms with E-state index in [4.69, 9.17) is 9.52 Å². The van der Waals surface area contributed by atoms with Gasteiger partial charge in [0.05, 0.1) is 6.26 Å². The number of carbonyl (C=O) groups is 1. The van der Waals surface area contributed by atoms with Gasteiger partial charge in [-0.25, -0.2) is 9.18 Å². The molecule has 4 heteroatoms. The molecule has 2 aromatic rings. The highest BCUT2D eigenvalue weighted by molar-refractivity contribution is 6.00. The number of rotatable bonds is 1. The number of furan rings is 1. The van der Waals surface area contributed by atoms with E-state index in [0.29, 0.717) is 5.39 Å². The fourth-order valence-electron chi connectivity index (χ4n) is 1.20. The number of fused-ring (bicyclic) bond motifs is 1. The molecular weight excluding hydrogens is 175 g/mol. The lowest BCUT2D eigenvalue weighted by Crippen LogP contribution is -1.97. The maximum Gasteiger partial charge on any atom is 0.339 e. The van der Waals surface area contributed by atoms with Crippen LogP contribution >= 0.6 is 0 Å². The molecule has 0 saturated heterocycles. The summed E-state index contributed by atoms with van der Waals surface area (Å²) in [4.78, 5) is 10.6. The largest absolute Gasteiger partial charge is 0.478 e. The van der Waals surface area contributed by atoms with E-state index in [-0.39, 0.29) is 11.1 Å². The van der Waals surface area contributed by atoms with Gasteiger partial charge < -0.3 is 9.52 Å². The van der Waals surface area contributed by atoms with Crippen LogP contribution in [0.2, 0.25) is 0 Å². The minimum Gasteiger partial charge on any atom is -0.478 e. The smallest absolute Gasteiger partial charge is 0.339 e. The first-order chi connectivity index (χ1) is 6.18. The Morgan fingerprint density at radius 1 is 1.46 bits per heavy atom. The monoisotopic (exact) mass is 180 g/mol. The topological polar surface area (TPSA) is 50.4 Å². The lowest BCUT2D eigenvalue weighted by Gasteiger charge is -1.95. The number of carboxylic acids is 1. The molecule has 0 spiro atoms. The maximum atomic E-state index is 12.8. The molecule has 1 aromatic carbocycles. The molecule has 0 bridgehead atoms. The third-order valence-corrected chi connectivity index (χ3v) is 1.75. The van der Waals surface area contributed by atoms with Crippen LogP contribution in [-0.2, 0) is 0 Å². The molecule has 0 atom stereocenters. The van der Waals surface area contributed by atoms with Crippen LogP contribution in [0.25, 0.3) is 11.0 Å². The predicted molar refractivity (Wildman–Crippen MR) is 43.1 cm³/mol. The van der Waals surface area contributed by atoms with Crippen molar-refractivity contribution in [1.29, 1.82) is 0 Å². The molecular formula is C9H5FO3. The van der Waals surface area contributed by atoms with E-state index in [9.17, 15) is 9.18 Å². The van der Waals surface area contributed by atoms with Crippen LogP contribution in [0.1, 0.15) is 10.4 Å². The second-order valence-corrected chi connectivity index (χ2v) is 2.60. The van der Waals surface area contributed by atoms with Gasteiger partial charge in [0.2, 0.25) is 0 Å². The van der Waals surface area contributed by atoms with Crippen LogP contribution in [0.4, 0.5) is 4.39 Å². The Labute approximate surface area is 72.4 Å². The van der Waals surface area contributed by atoms with E-state index >= 15 is 0 Å². The van der Waals surface area contributed by atoms with Gasteiger partial charge >= 0.3 is 5.97 Å². The van der Waals surface area contributed by atoms with Crippen LogP contribution in [0.15, 0.2) is 28.9 Å². The molecule has 0 fully saturated rings. The summed E-state index contributed by atoms with van der Waals surface area (Å²) in [6.07, 6.45) is 1.33. The van der Waals surface area contributed by atoms with E-state index in [1.807, 2.05) is 0 Å². The number of carboxylic acid groups (broad SMARTS) is 1. The van der Waals surface area contributed by atoms with Crippen molar-refractivity contribution < 1.29 is 18.7 Å². The van der Waals surface area contributed by atoms with E-state index in [0.717, 1.165) is 6.07 Å². The summed E-state index contributed by atoms with van der Waals surface area (Å²) in [5.74, 6) is -1.77. The average Bonchev–Trinajstić information content (AvgIpc) is 2.49. The van der Waals surface area contributed by atoms with Crippen LogP contribution in [0.3, 0.4) is 0 Å². The first-order valence-corrected chi connectivity index (χ1v) is 3.58. The van der Waals surface area contributed by atoms with Gasteiger partial charge in [0.1, 0.15) is 17.0 Å². The first kappa shape index (κ1) is 7.79. The molecule has 0 amide bonds. The Morgan fingerprint density at radius 3 is 2.92 bits per heavy atom. The van der Waals surface area contributed by atoms with Crippen LogP contribution in [-0.4, -0.2) is 11.1 Å². The summed E-state index contributed by atoms with van der Waals surface area (Å²) < 4.78 is 17.7. The summed E-state index contributed by atoms with van der Waals surface area (Å²) in [7, 11) is 0. The lowest BCUT2D eigenvalue weighted by atomic mass is 10.1. The minimum absolute atomic E-state index is 0.153. The summed E-state index contributed by atoms with van der Waals surface area (Å²) in [6.45, 7) is 0. The second-order valence-electron chi connectivity index (χ2n) is 2.60. The van der Waals surface area contributed by atoms with Gasteiger partial charge in [0.25, 0.3) is 0 Å². The fraction of sp³-hybridized carbons (Fsp3) is 0. The predicted octanol–water partition coefficient (Wildman–Crippen LogP) is 2.27. The Bertz CT molecular complexity index is 473. The quantitative estimate of drug-likeness (QED) is 0.732. The molecule has 0 aliphatic rings. The third-order valence-electron chi connectivity index (χ3n) is 1.75.